The number of esters is 1. The number of allylic oxidation sites excluding steroid dienone is 1. The minimum Gasteiger partial charge on any atom is -0.466 e. The highest BCUT2D eigenvalue weighted by Crippen LogP contribution is 2.33. The minimum absolute atomic E-state index is 0.214. The van der Waals surface area contributed by atoms with Gasteiger partial charge in [-0.2, -0.15) is 5.10 Å². The van der Waals surface area contributed by atoms with Crippen molar-refractivity contribution in [1.82, 2.24) is 14.3 Å². The lowest BCUT2D eigenvalue weighted by Gasteiger charge is -2.22. The van der Waals surface area contributed by atoms with Crippen molar-refractivity contribution in [3.05, 3.63) is 125 Å². The summed E-state index contributed by atoms with van der Waals surface area (Å²) in [6.07, 6.45) is 3.80. The van der Waals surface area contributed by atoms with Gasteiger partial charge in [-0.1, -0.05) is 65.4 Å². The van der Waals surface area contributed by atoms with E-state index in [1.165, 1.54) is 29.8 Å². The van der Waals surface area contributed by atoms with Crippen LogP contribution in [-0.2, 0) is 9.53 Å². The van der Waals surface area contributed by atoms with Gasteiger partial charge in [0.15, 0.2) is 4.80 Å². The molecule has 0 saturated carbocycles. The van der Waals surface area contributed by atoms with E-state index in [-0.39, 0.29) is 5.56 Å². The van der Waals surface area contributed by atoms with Crippen molar-refractivity contribution in [3.8, 4) is 16.9 Å². The summed E-state index contributed by atoms with van der Waals surface area (Å²) >= 11 is 2.79. The zero-order chi connectivity index (χ0) is 27.1. The summed E-state index contributed by atoms with van der Waals surface area (Å²) in [7, 11) is 1.34. The Balaban J connectivity index is 1.56. The lowest BCUT2D eigenvalue weighted by Crippen LogP contribution is -2.39. The quantitative estimate of drug-likeness (QED) is 0.298. The summed E-state index contributed by atoms with van der Waals surface area (Å²) < 4.78 is 9.02. The molecule has 0 amide bonds. The summed E-state index contributed by atoms with van der Waals surface area (Å²) in [5, 5.41) is 6.82. The number of hydrogen-bond donors (Lipinski definition) is 0. The van der Waals surface area contributed by atoms with Gasteiger partial charge in [0.05, 0.1) is 34.3 Å². The molecule has 0 N–H and O–H groups in total. The van der Waals surface area contributed by atoms with Crippen LogP contribution in [0.4, 0.5) is 0 Å². The number of methoxy groups -OCH3 is 1. The zero-order valence-electron chi connectivity index (χ0n) is 21.5. The molecule has 7 nitrogen and oxygen atoms in total. The third kappa shape index (κ3) is 4.49. The van der Waals surface area contributed by atoms with Crippen LogP contribution >= 0.6 is 22.7 Å². The number of hydrogen-bond acceptors (Lipinski definition) is 7. The Kier molecular flexibility index (Phi) is 6.46. The number of aromatic nitrogens is 3. The molecule has 0 bridgehead atoms. The standard InChI is InChI=1S/C30H24N4O3S2/c1-18-11-13-20(14-12-18)26-21(17-33(32-26)22-8-5-4-6-9-22)16-24-28(35)34-27(23-10-7-15-38-23)25(29(36)37-3)19(2)31-30(34)39-24/h4-17,27H,1-3H3/b24-16-/t27-/m1/s1. The maximum Gasteiger partial charge on any atom is 0.338 e. The summed E-state index contributed by atoms with van der Waals surface area (Å²) in [5.74, 6) is -0.491. The van der Waals surface area contributed by atoms with Crippen molar-refractivity contribution in [3.63, 3.8) is 0 Å². The first kappa shape index (κ1) is 25.0. The van der Waals surface area contributed by atoms with E-state index in [0.717, 1.165) is 32.9 Å². The van der Waals surface area contributed by atoms with E-state index in [9.17, 15) is 9.59 Å². The number of carbonyl (C=O) groups is 1. The van der Waals surface area contributed by atoms with Crippen LogP contribution in [0.25, 0.3) is 23.0 Å². The first-order valence-corrected chi connectivity index (χ1v) is 14.0. The first-order chi connectivity index (χ1) is 18.9. The van der Waals surface area contributed by atoms with Crippen molar-refractivity contribution in [2.75, 3.05) is 7.11 Å². The molecule has 9 heteroatoms. The molecule has 0 aliphatic carbocycles. The molecule has 5 aromatic rings. The maximum absolute atomic E-state index is 13.9. The lowest BCUT2D eigenvalue weighted by molar-refractivity contribution is -0.136. The van der Waals surface area contributed by atoms with Crippen molar-refractivity contribution in [1.29, 1.82) is 0 Å². The average molecular weight is 553 g/mol. The largest absolute Gasteiger partial charge is 0.466 e. The van der Waals surface area contributed by atoms with Crippen LogP contribution in [0.3, 0.4) is 0 Å². The van der Waals surface area contributed by atoms with E-state index in [1.807, 2.05) is 96.0 Å². The van der Waals surface area contributed by atoms with E-state index in [0.29, 0.717) is 20.6 Å². The van der Waals surface area contributed by atoms with E-state index in [4.69, 9.17) is 9.84 Å². The summed E-state index contributed by atoms with van der Waals surface area (Å²) in [6, 6.07) is 21.3. The summed E-state index contributed by atoms with van der Waals surface area (Å²) in [5.41, 5.74) is 5.31. The molecule has 0 spiro atoms. The van der Waals surface area contributed by atoms with Gasteiger partial charge in [0, 0.05) is 22.2 Å². The van der Waals surface area contributed by atoms with E-state index in [2.05, 4.69) is 4.99 Å². The Hall–Kier alpha value is -4.34. The minimum atomic E-state index is -0.598. The van der Waals surface area contributed by atoms with E-state index in [1.54, 1.807) is 11.5 Å². The second kappa shape index (κ2) is 10.1. The number of thiazole rings is 1. The first-order valence-electron chi connectivity index (χ1n) is 12.3. The Morgan fingerprint density at radius 1 is 1.03 bits per heavy atom. The molecule has 39 heavy (non-hydrogen) atoms. The third-order valence-corrected chi connectivity index (χ3v) is 8.52. The lowest BCUT2D eigenvalue weighted by atomic mass is 10.0. The molecule has 4 heterocycles. The van der Waals surface area contributed by atoms with Crippen LogP contribution in [0.2, 0.25) is 0 Å². The second-order valence-electron chi connectivity index (χ2n) is 9.17. The SMILES string of the molecule is COC(=O)C1=C(C)N=c2s/c(=C\c3cn(-c4ccccc4)nc3-c3ccc(C)cc3)c(=O)n2[C@@H]1c1cccs1. The summed E-state index contributed by atoms with van der Waals surface area (Å²) in [6.45, 7) is 3.83. The molecular formula is C30H24N4O3S2. The predicted octanol–water partition coefficient (Wildman–Crippen LogP) is 4.63. The van der Waals surface area contributed by atoms with Crippen LogP contribution in [0.15, 0.2) is 99.4 Å². The molecule has 0 radical (unpaired) electrons. The van der Waals surface area contributed by atoms with Gasteiger partial charge in [-0.3, -0.25) is 9.36 Å². The molecule has 2 aromatic carbocycles. The molecule has 0 saturated heterocycles. The zero-order valence-corrected chi connectivity index (χ0v) is 23.1. The molecule has 3 aromatic heterocycles. The van der Waals surface area contributed by atoms with Gasteiger partial charge in [0.1, 0.15) is 6.04 Å². The Morgan fingerprint density at radius 2 is 1.79 bits per heavy atom. The van der Waals surface area contributed by atoms with Crippen molar-refractivity contribution >= 4 is 34.7 Å². The molecule has 1 aliphatic heterocycles. The highest BCUT2D eigenvalue weighted by atomic mass is 32.1. The van der Waals surface area contributed by atoms with Gasteiger partial charge in [-0.05, 0) is 43.5 Å². The molecule has 1 atom stereocenters. The van der Waals surface area contributed by atoms with Gasteiger partial charge < -0.3 is 4.74 Å². The van der Waals surface area contributed by atoms with Gasteiger partial charge in [0.25, 0.3) is 5.56 Å². The van der Waals surface area contributed by atoms with Gasteiger partial charge in [0.2, 0.25) is 0 Å². The predicted molar refractivity (Wildman–Crippen MR) is 154 cm³/mol. The smallest absolute Gasteiger partial charge is 0.338 e. The molecule has 0 fully saturated rings. The van der Waals surface area contributed by atoms with E-state index >= 15 is 0 Å². The molecule has 194 valence electrons. The maximum atomic E-state index is 13.9. The molecule has 0 unspecified atom stereocenters. The molecule has 6 rings (SSSR count). The van der Waals surface area contributed by atoms with Gasteiger partial charge >= 0.3 is 5.97 Å². The number of fused-ring (bicyclic) bond motifs is 1. The number of aryl methyl sites for hydroxylation is 1. The molecule has 1 aliphatic rings. The average Bonchev–Trinajstić information content (AvgIpc) is 3.69. The van der Waals surface area contributed by atoms with Crippen molar-refractivity contribution in [2.24, 2.45) is 4.99 Å². The van der Waals surface area contributed by atoms with Crippen LogP contribution in [0.1, 0.15) is 29.0 Å². The monoisotopic (exact) mass is 552 g/mol. The van der Waals surface area contributed by atoms with Crippen molar-refractivity contribution < 1.29 is 9.53 Å². The number of thiophene rings is 1. The fourth-order valence-corrected chi connectivity index (χ4v) is 6.55. The number of para-hydroxylation sites is 1. The molecular weight excluding hydrogens is 528 g/mol. The topological polar surface area (TPSA) is 78.5 Å². The normalized spacial score (nSPS) is 15.3. The number of rotatable bonds is 5. The fourth-order valence-electron chi connectivity index (χ4n) is 4.69. The number of nitrogens with zero attached hydrogens (tertiary/aromatic N) is 4. The van der Waals surface area contributed by atoms with Crippen LogP contribution in [0.5, 0.6) is 0 Å². The second-order valence-corrected chi connectivity index (χ2v) is 11.2. The third-order valence-electron chi connectivity index (χ3n) is 6.61. The highest BCUT2D eigenvalue weighted by Gasteiger charge is 2.33. The number of ether oxygens (including phenoxy) is 1. The number of carbonyl (C=O) groups excluding carboxylic acids is 1. The summed E-state index contributed by atoms with van der Waals surface area (Å²) in [4.78, 5) is 32.8. The van der Waals surface area contributed by atoms with Gasteiger partial charge in [-0.25, -0.2) is 14.5 Å². The van der Waals surface area contributed by atoms with Gasteiger partial charge in [-0.15, -0.1) is 11.3 Å². The Labute approximate surface area is 232 Å². The van der Waals surface area contributed by atoms with Crippen LogP contribution < -0.4 is 14.9 Å². The van der Waals surface area contributed by atoms with E-state index < -0.39 is 12.0 Å². The van der Waals surface area contributed by atoms with Crippen LogP contribution in [-0.4, -0.2) is 27.4 Å². The Bertz CT molecular complexity index is 1900. The Morgan fingerprint density at radius 3 is 2.49 bits per heavy atom. The fraction of sp³-hybridized carbons (Fsp3) is 0.133. The van der Waals surface area contributed by atoms with Crippen molar-refractivity contribution in [2.45, 2.75) is 19.9 Å². The van der Waals surface area contributed by atoms with Crippen LogP contribution in [0, 0.1) is 6.92 Å². The highest BCUT2D eigenvalue weighted by molar-refractivity contribution is 7.10. The number of benzene rings is 2.